The van der Waals surface area contributed by atoms with Gasteiger partial charge in [0.05, 0.1) is 5.38 Å². The van der Waals surface area contributed by atoms with Gasteiger partial charge in [0.2, 0.25) is 0 Å². The molecule has 1 aliphatic rings. The van der Waals surface area contributed by atoms with Crippen LogP contribution < -0.4 is 5.32 Å². The lowest BCUT2D eigenvalue weighted by Crippen LogP contribution is -2.13. The molecule has 0 bridgehead atoms. The SMILES string of the molecule is ClC1CCNc2ccccc21. The summed E-state index contributed by atoms with van der Waals surface area (Å²) < 4.78 is 0. The monoisotopic (exact) mass is 167 g/mol. The average molecular weight is 168 g/mol. The summed E-state index contributed by atoms with van der Waals surface area (Å²) in [5.41, 5.74) is 2.43. The molecule has 1 heterocycles. The molecule has 58 valence electrons. The maximum Gasteiger partial charge on any atom is 0.0622 e. The van der Waals surface area contributed by atoms with Crippen LogP contribution in [0, 0.1) is 0 Å². The van der Waals surface area contributed by atoms with Gasteiger partial charge < -0.3 is 5.32 Å². The van der Waals surface area contributed by atoms with Gasteiger partial charge in [0.15, 0.2) is 0 Å². The minimum absolute atomic E-state index is 0.201. The van der Waals surface area contributed by atoms with E-state index in [0.29, 0.717) is 0 Å². The number of rotatable bonds is 0. The molecule has 1 unspecified atom stereocenters. The summed E-state index contributed by atoms with van der Waals surface area (Å²) in [5.74, 6) is 0. The van der Waals surface area contributed by atoms with Crippen LogP contribution in [0.25, 0.3) is 0 Å². The van der Waals surface area contributed by atoms with Gasteiger partial charge in [-0.2, -0.15) is 0 Å². The van der Waals surface area contributed by atoms with Crippen molar-refractivity contribution < 1.29 is 0 Å². The van der Waals surface area contributed by atoms with Gasteiger partial charge in [-0.3, -0.25) is 0 Å². The number of anilines is 1. The van der Waals surface area contributed by atoms with Crippen LogP contribution in [0.1, 0.15) is 17.4 Å². The molecule has 0 saturated heterocycles. The number of alkyl halides is 1. The van der Waals surface area contributed by atoms with Gasteiger partial charge in [0.1, 0.15) is 0 Å². The maximum absolute atomic E-state index is 6.11. The molecule has 0 aromatic heterocycles. The van der Waals surface area contributed by atoms with E-state index in [0.717, 1.165) is 13.0 Å². The Bertz CT molecular complexity index is 259. The van der Waals surface area contributed by atoms with E-state index in [1.54, 1.807) is 0 Å². The summed E-state index contributed by atoms with van der Waals surface area (Å²) in [5, 5.41) is 3.51. The fourth-order valence-electron chi connectivity index (χ4n) is 1.42. The fraction of sp³-hybridized carbons (Fsp3) is 0.333. The minimum Gasteiger partial charge on any atom is -0.385 e. The van der Waals surface area contributed by atoms with Crippen molar-refractivity contribution in [3.05, 3.63) is 29.8 Å². The van der Waals surface area contributed by atoms with Crippen molar-refractivity contribution in [1.29, 1.82) is 0 Å². The van der Waals surface area contributed by atoms with Crippen LogP contribution in [0.15, 0.2) is 24.3 Å². The van der Waals surface area contributed by atoms with Gasteiger partial charge >= 0.3 is 0 Å². The molecule has 0 amide bonds. The second-order valence-electron chi connectivity index (χ2n) is 2.77. The van der Waals surface area contributed by atoms with E-state index in [4.69, 9.17) is 11.6 Å². The average Bonchev–Trinajstić information content (AvgIpc) is 2.06. The molecule has 1 aromatic carbocycles. The number of hydrogen-bond donors (Lipinski definition) is 1. The molecule has 1 nitrogen and oxygen atoms in total. The molecule has 0 fully saturated rings. The first-order chi connectivity index (χ1) is 5.38. The Kier molecular flexibility index (Phi) is 1.74. The first kappa shape index (κ1) is 6.99. The van der Waals surface area contributed by atoms with E-state index in [1.807, 2.05) is 12.1 Å². The van der Waals surface area contributed by atoms with Crippen molar-refractivity contribution in [3.63, 3.8) is 0 Å². The van der Waals surface area contributed by atoms with Crippen LogP contribution in [-0.4, -0.2) is 6.54 Å². The zero-order chi connectivity index (χ0) is 7.68. The van der Waals surface area contributed by atoms with Crippen molar-refractivity contribution in [2.24, 2.45) is 0 Å². The number of halogens is 1. The van der Waals surface area contributed by atoms with E-state index in [-0.39, 0.29) is 5.38 Å². The van der Waals surface area contributed by atoms with Gasteiger partial charge in [0, 0.05) is 12.2 Å². The molecule has 1 atom stereocenters. The Morgan fingerprint density at radius 1 is 1.36 bits per heavy atom. The van der Waals surface area contributed by atoms with Gasteiger partial charge in [-0.25, -0.2) is 0 Å². The Morgan fingerprint density at radius 3 is 3.00 bits per heavy atom. The van der Waals surface area contributed by atoms with Crippen LogP contribution in [0.2, 0.25) is 0 Å². The van der Waals surface area contributed by atoms with Crippen molar-refractivity contribution in [2.45, 2.75) is 11.8 Å². The highest BCUT2D eigenvalue weighted by molar-refractivity contribution is 6.21. The molecule has 2 rings (SSSR count). The zero-order valence-electron chi connectivity index (χ0n) is 6.18. The fourth-order valence-corrected chi connectivity index (χ4v) is 1.72. The molecule has 2 heteroatoms. The lowest BCUT2D eigenvalue weighted by Gasteiger charge is -2.21. The largest absolute Gasteiger partial charge is 0.385 e. The topological polar surface area (TPSA) is 12.0 Å². The van der Waals surface area contributed by atoms with Crippen molar-refractivity contribution in [2.75, 3.05) is 11.9 Å². The van der Waals surface area contributed by atoms with E-state index in [9.17, 15) is 0 Å². The van der Waals surface area contributed by atoms with Crippen LogP contribution in [0.3, 0.4) is 0 Å². The van der Waals surface area contributed by atoms with Gasteiger partial charge in [-0.1, -0.05) is 18.2 Å². The Morgan fingerprint density at radius 2 is 2.18 bits per heavy atom. The standard InChI is InChI=1S/C9H10ClN/c10-8-5-6-11-9-4-2-1-3-7(8)9/h1-4,8,11H,5-6H2. The molecular weight excluding hydrogens is 158 g/mol. The second-order valence-corrected chi connectivity index (χ2v) is 3.30. The molecule has 0 aliphatic carbocycles. The second kappa shape index (κ2) is 2.74. The Hall–Kier alpha value is -0.690. The van der Waals surface area contributed by atoms with Crippen molar-refractivity contribution >= 4 is 17.3 Å². The lowest BCUT2D eigenvalue weighted by atomic mass is 10.0. The smallest absolute Gasteiger partial charge is 0.0622 e. The maximum atomic E-state index is 6.11. The van der Waals surface area contributed by atoms with Gasteiger partial charge in [-0.05, 0) is 18.1 Å². The number of para-hydroxylation sites is 1. The summed E-state index contributed by atoms with van der Waals surface area (Å²) in [6, 6.07) is 8.21. The number of fused-ring (bicyclic) bond motifs is 1. The first-order valence-corrected chi connectivity index (χ1v) is 4.28. The quantitative estimate of drug-likeness (QED) is 0.586. The predicted octanol–water partition coefficient (Wildman–Crippen LogP) is 2.78. The molecule has 0 radical (unpaired) electrons. The van der Waals surface area contributed by atoms with Gasteiger partial charge in [-0.15, -0.1) is 11.6 Å². The number of nitrogens with one attached hydrogen (secondary N) is 1. The van der Waals surface area contributed by atoms with Crippen molar-refractivity contribution in [1.82, 2.24) is 0 Å². The normalized spacial score (nSPS) is 22.1. The van der Waals surface area contributed by atoms with E-state index < -0.39 is 0 Å². The van der Waals surface area contributed by atoms with Crippen LogP contribution >= 0.6 is 11.6 Å². The van der Waals surface area contributed by atoms with E-state index >= 15 is 0 Å². The first-order valence-electron chi connectivity index (χ1n) is 3.85. The third kappa shape index (κ3) is 1.21. The van der Waals surface area contributed by atoms with Crippen LogP contribution in [0.5, 0.6) is 0 Å². The predicted molar refractivity (Wildman–Crippen MR) is 48.1 cm³/mol. The summed E-state index contributed by atoms with van der Waals surface area (Å²) in [7, 11) is 0. The highest BCUT2D eigenvalue weighted by atomic mass is 35.5. The molecular formula is C9H10ClN. The molecule has 0 saturated carbocycles. The summed E-state index contributed by atoms with van der Waals surface area (Å²) in [6.07, 6.45) is 1.03. The molecule has 1 N–H and O–H groups in total. The summed E-state index contributed by atoms with van der Waals surface area (Å²) in [6.45, 7) is 0.991. The third-order valence-electron chi connectivity index (χ3n) is 2.01. The Balaban J connectivity index is 2.44. The summed E-state index contributed by atoms with van der Waals surface area (Å²) in [4.78, 5) is 0. The van der Waals surface area contributed by atoms with Crippen LogP contribution in [0.4, 0.5) is 5.69 Å². The minimum atomic E-state index is 0.201. The number of benzene rings is 1. The van der Waals surface area contributed by atoms with Gasteiger partial charge in [0.25, 0.3) is 0 Å². The van der Waals surface area contributed by atoms with Crippen molar-refractivity contribution in [3.8, 4) is 0 Å². The third-order valence-corrected chi connectivity index (χ3v) is 2.46. The number of hydrogen-bond acceptors (Lipinski definition) is 1. The van der Waals surface area contributed by atoms with E-state index in [2.05, 4.69) is 17.4 Å². The molecule has 0 spiro atoms. The Labute approximate surface area is 71.4 Å². The lowest BCUT2D eigenvalue weighted by molar-refractivity contribution is 0.802. The highest BCUT2D eigenvalue weighted by Gasteiger charge is 2.15. The van der Waals surface area contributed by atoms with Crippen LogP contribution in [-0.2, 0) is 0 Å². The molecule has 1 aliphatic heterocycles. The van der Waals surface area contributed by atoms with E-state index in [1.165, 1.54) is 11.3 Å². The zero-order valence-corrected chi connectivity index (χ0v) is 6.93. The highest BCUT2D eigenvalue weighted by Crippen LogP contribution is 2.33. The molecule has 1 aromatic rings. The molecule has 11 heavy (non-hydrogen) atoms. The summed E-state index contributed by atoms with van der Waals surface area (Å²) >= 11 is 6.11.